The van der Waals surface area contributed by atoms with E-state index in [0.29, 0.717) is 5.88 Å². The van der Waals surface area contributed by atoms with Crippen LogP contribution in [-0.4, -0.2) is 11.5 Å². The summed E-state index contributed by atoms with van der Waals surface area (Å²) in [6, 6.07) is 10.5. The monoisotopic (exact) mass is 338 g/mol. The Hall–Kier alpha value is -1.06. The van der Waals surface area contributed by atoms with Crippen molar-refractivity contribution in [2.45, 2.75) is 19.7 Å². The van der Waals surface area contributed by atoms with Crippen molar-refractivity contribution < 1.29 is 0 Å². The second-order valence-corrected chi connectivity index (χ2v) is 5.53. The zero-order valence-electron chi connectivity index (χ0n) is 11.0. The molecule has 4 heteroatoms. The summed E-state index contributed by atoms with van der Waals surface area (Å²) in [5, 5.41) is 0. The minimum Gasteiger partial charge on any atom is -0.326 e. The Morgan fingerprint density at radius 3 is 2.53 bits per heavy atom. The van der Waals surface area contributed by atoms with Crippen molar-refractivity contribution in [3.8, 4) is 0 Å². The van der Waals surface area contributed by atoms with Crippen LogP contribution in [0.5, 0.6) is 0 Å². The van der Waals surface area contributed by atoms with Gasteiger partial charge in [-0.1, -0.05) is 17.7 Å². The van der Waals surface area contributed by atoms with Crippen molar-refractivity contribution in [2.24, 2.45) is 0 Å². The number of hydrogen-bond donors (Lipinski definition) is 0. The largest absolute Gasteiger partial charge is 0.326 e. The first-order chi connectivity index (χ1) is 9.15. The highest BCUT2D eigenvalue weighted by Crippen LogP contribution is 2.29. The summed E-state index contributed by atoms with van der Waals surface area (Å²) in [5.74, 6) is 1.37. The number of alkyl halides is 1. The van der Waals surface area contributed by atoms with Gasteiger partial charge in [-0.15, -0.1) is 11.6 Å². The zero-order valence-corrected chi connectivity index (χ0v) is 13.4. The number of rotatable bonds is 4. The molecule has 1 aromatic heterocycles. The standard InChI is InChI=1S/C15H16BrClN2/c1-3-19(14-6-4-11(2)5-7-14)15-12(9-17)8-13(16)10-18-15/h4-8,10H,3,9H2,1-2H3. The molecule has 0 fully saturated rings. The van der Waals surface area contributed by atoms with Gasteiger partial charge in [-0.3, -0.25) is 0 Å². The molecule has 0 atom stereocenters. The molecule has 0 aliphatic carbocycles. The van der Waals surface area contributed by atoms with Crippen molar-refractivity contribution in [3.05, 3.63) is 52.1 Å². The normalized spacial score (nSPS) is 10.5. The summed E-state index contributed by atoms with van der Waals surface area (Å²) in [4.78, 5) is 6.68. The summed E-state index contributed by atoms with van der Waals surface area (Å²) in [6.45, 7) is 5.05. The van der Waals surface area contributed by atoms with E-state index in [1.807, 2.05) is 12.3 Å². The van der Waals surface area contributed by atoms with Gasteiger partial charge in [0.15, 0.2) is 0 Å². The van der Waals surface area contributed by atoms with Gasteiger partial charge in [-0.05, 0) is 48.0 Å². The lowest BCUT2D eigenvalue weighted by molar-refractivity contribution is 0.974. The molecule has 0 unspecified atom stereocenters. The first-order valence-corrected chi connectivity index (χ1v) is 7.53. The highest BCUT2D eigenvalue weighted by atomic mass is 79.9. The molecule has 0 saturated carbocycles. The van der Waals surface area contributed by atoms with E-state index in [1.165, 1.54) is 5.56 Å². The van der Waals surface area contributed by atoms with Crippen LogP contribution in [0.1, 0.15) is 18.1 Å². The van der Waals surface area contributed by atoms with Gasteiger partial charge in [0.1, 0.15) is 5.82 Å². The lowest BCUT2D eigenvalue weighted by Gasteiger charge is -2.24. The molecule has 0 amide bonds. The number of anilines is 2. The molecule has 0 aliphatic heterocycles. The quantitative estimate of drug-likeness (QED) is 0.725. The van der Waals surface area contributed by atoms with E-state index < -0.39 is 0 Å². The third-order valence-electron chi connectivity index (χ3n) is 2.97. The van der Waals surface area contributed by atoms with Crippen LogP contribution in [-0.2, 0) is 5.88 Å². The third kappa shape index (κ3) is 3.28. The average Bonchev–Trinajstić information content (AvgIpc) is 2.43. The van der Waals surface area contributed by atoms with Crippen LogP contribution in [0.4, 0.5) is 11.5 Å². The molecule has 0 N–H and O–H groups in total. The average molecular weight is 340 g/mol. The summed E-state index contributed by atoms with van der Waals surface area (Å²) in [5.41, 5.74) is 3.41. The fourth-order valence-electron chi connectivity index (χ4n) is 1.99. The summed E-state index contributed by atoms with van der Waals surface area (Å²) in [7, 11) is 0. The summed E-state index contributed by atoms with van der Waals surface area (Å²) in [6.07, 6.45) is 1.81. The molecule has 2 aromatic rings. The van der Waals surface area contributed by atoms with Crippen molar-refractivity contribution >= 4 is 39.0 Å². The first kappa shape index (κ1) is 14.4. The van der Waals surface area contributed by atoms with Crippen LogP contribution in [0.2, 0.25) is 0 Å². The summed E-state index contributed by atoms with van der Waals surface area (Å²) < 4.78 is 0.951. The van der Waals surface area contributed by atoms with Crippen LogP contribution in [0.15, 0.2) is 41.0 Å². The Bertz CT molecular complexity index is 555. The van der Waals surface area contributed by atoms with Gasteiger partial charge < -0.3 is 4.90 Å². The Kier molecular flexibility index (Phi) is 4.83. The van der Waals surface area contributed by atoms with Crippen LogP contribution < -0.4 is 4.90 Å². The second kappa shape index (κ2) is 6.40. The van der Waals surface area contributed by atoms with E-state index in [1.54, 1.807) is 0 Å². The molecule has 19 heavy (non-hydrogen) atoms. The van der Waals surface area contributed by atoms with E-state index in [2.05, 4.69) is 63.9 Å². The number of pyridine rings is 1. The van der Waals surface area contributed by atoms with E-state index in [4.69, 9.17) is 11.6 Å². The molecule has 0 radical (unpaired) electrons. The Morgan fingerprint density at radius 2 is 1.95 bits per heavy atom. The Balaban J connectivity index is 2.44. The van der Waals surface area contributed by atoms with E-state index in [0.717, 1.165) is 28.1 Å². The SMILES string of the molecule is CCN(c1ccc(C)cc1)c1ncc(Br)cc1CCl. The summed E-state index contributed by atoms with van der Waals surface area (Å²) >= 11 is 9.46. The van der Waals surface area contributed by atoms with Gasteiger partial charge in [0.05, 0.1) is 5.88 Å². The minimum absolute atomic E-state index is 0.449. The van der Waals surface area contributed by atoms with Crippen LogP contribution in [0.3, 0.4) is 0 Å². The molecule has 0 spiro atoms. The van der Waals surface area contributed by atoms with Crippen molar-refractivity contribution in [1.29, 1.82) is 0 Å². The van der Waals surface area contributed by atoms with Crippen LogP contribution in [0, 0.1) is 6.92 Å². The van der Waals surface area contributed by atoms with Gasteiger partial charge in [0, 0.05) is 28.5 Å². The molecule has 0 aliphatic rings. The molecule has 1 heterocycles. The molecule has 0 bridgehead atoms. The molecule has 0 saturated heterocycles. The molecule has 2 rings (SSSR count). The number of halogens is 2. The minimum atomic E-state index is 0.449. The number of aromatic nitrogens is 1. The topological polar surface area (TPSA) is 16.1 Å². The van der Waals surface area contributed by atoms with Gasteiger partial charge >= 0.3 is 0 Å². The smallest absolute Gasteiger partial charge is 0.137 e. The van der Waals surface area contributed by atoms with Crippen LogP contribution >= 0.6 is 27.5 Å². The van der Waals surface area contributed by atoms with E-state index in [-0.39, 0.29) is 0 Å². The molecule has 1 aromatic carbocycles. The Morgan fingerprint density at radius 1 is 1.26 bits per heavy atom. The van der Waals surface area contributed by atoms with Gasteiger partial charge in [-0.2, -0.15) is 0 Å². The predicted octanol–water partition coefficient (Wildman–Crippen LogP) is 5.05. The predicted molar refractivity (Wildman–Crippen MR) is 85.4 cm³/mol. The first-order valence-electron chi connectivity index (χ1n) is 6.20. The highest BCUT2D eigenvalue weighted by molar-refractivity contribution is 9.10. The second-order valence-electron chi connectivity index (χ2n) is 4.35. The van der Waals surface area contributed by atoms with Gasteiger partial charge in [0.25, 0.3) is 0 Å². The maximum absolute atomic E-state index is 6.03. The van der Waals surface area contributed by atoms with Crippen molar-refractivity contribution in [2.75, 3.05) is 11.4 Å². The lowest BCUT2D eigenvalue weighted by Crippen LogP contribution is -2.18. The molecule has 100 valence electrons. The molecule has 2 nitrogen and oxygen atoms in total. The third-order valence-corrected chi connectivity index (χ3v) is 3.69. The zero-order chi connectivity index (χ0) is 13.8. The maximum Gasteiger partial charge on any atom is 0.137 e. The van der Waals surface area contributed by atoms with Gasteiger partial charge in [-0.25, -0.2) is 4.98 Å². The number of hydrogen-bond acceptors (Lipinski definition) is 2. The molecular formula is C15H16BrClN2. The highest BCUT2D eigenvalue weighted by Gasteiger charge is 2.13. The lowest BCUT2D eigenvalue weighted by atomic mass is 10.2. The van der Waals surface area contributed by atoms with E-state index >= 15 is 0 Å². The fraction of sp³-hybridized carbons (Fsp3) is 0.267. The van der Waals surface area contributed by atoms with Crippen molar-refractivity contribution in [3.63, 3.8) is 0 Å². The maximum atomic E-state index is 6.03. The van der Waals surface area contributed by atoms with E-state index in [9.17, 15) is 0 Å². The Labute approximate surface area is 127 Å². The van der Waals surface area contributed by atoms with Crippen LogP contribution in [0.25, 0.3) is 0 Å². The van der Waals surface area contributed by atoms with Crippen molar-refractivity contribution in [1.82, 2.24) is 4.98 Å². The number of aryl methyl sites for hydroxylation is 1. The fourth-order valence-corrected chi connectivity index (χ4v) is 2.57. The number of benzene rings is 1. The molecular weight excluding hydrogens is 324 g/mol. The number of nitrogens with zero attached hydrogens (tertiary/aromatic N) is 2. The van der Waals surface area contributed by atoms with Gasteiger partial charge in [0.2, 0.25) is 0 Å².